The smallest absolute Gasteiger partial charge is 0.361 e. The molecule has 4 rings (SSSR count). The van der Waals surface area contributed by atoms with Gasteiger partial charge in [-0.15, -0.1) is 0 Å². The molecule has 1 fully saturated rings. The summed E-state index contributed by atoms with van der Waals surface area (Å²) < 4.78 is 20.0. The topological polar surface area (TPSA) is 85.8 Å². The van der Waals surface area contributed by atoms with Crippen LogP contribution in [0.4, 0.5) is 11.5 Å². The van der Waals surface area contributed by atoms with E-state index in [2.05, 4.69) is 14.6 Å². The van der Waals surface area contributed by atoms with Crippen molar-refractivity contribution in [2.75, 3.05) is 49.1 Å². The van der Waals surface area contributed by atoms with Crippen molar-refractivity contribution in [1.29, 1.82) is 0 Å². The normalized spacial score (nSPS) is 13.4. The minimum absolute atomic E-state index is 0.136. The van der Waals surface area contributed by atoms with Gasteiger partial charge < -0.3 is 23.8 Å². The van der Waals surface area contributed by atoms with E-state index in [1.54, 1.807) is 6.92 Å². The van der Waals surface area contributed by atoms with Crippen LogP contribution in [-0.2, 0) is 9.47 Å². The van der Waals surface area contributed by atoms with Crippen molar-refractivity contribution >= 4 is 29.4 Å². The van der Waals surface area contributed by atoms with Crippen LogP contribution < -0.4 is 14.4 Å². The first-order valence-electron chi connectivity index (χ1n) is 11.3. The Labute approximate surface area is 203 Å². The van der Waals surface area contributed by atoms with Gasteiger partial charge in [-0.05, 0) is 62.2 Å². The van der Waals surface area contributed by atoms with Gasteiger partial charge in [0.2, 0.25) is 0 Å². The van der Waals surface area contributed by atoms with E-state index >= 15 is 0 Å². The molecular formula is C25H28N4O4S. The van der Waals surface area contributed by atoms with Crippen LogP contribution in [0.1, 0.15) is 24.3 Å². The van der Waals surface area contributed by atoms with Crippen molar-refractivity contribution in [1.82, 2.24) is 9.97 Å². The molecule has 3 aromatic rings. The third-order valence-electron chi connectivity index (χ3n) is 5.09. The number of ether oxygens (including phenoxy) is 3. The summed E-state index contributed by atoms with van der Waals surface area (Å²) in [6.45, 7) is 6.73. The molecular weight excluding hydrogens is 452 g/mol. The highest BCUT2D eigenvalue weighted by Gasteiger charge is 2.27. The predicted molar refractivity (Wildman–Crippen MR) is 134 cm³/mol. The maximum absolute atomic E-state index is 12.8. The van der Waals surface area contributed by atoms with Gasteiger partial charge in [0.15, 0.2) is 23.1 Å². The molecule has 0 unspecified atom stereocenters. The fourth-order valence-electron chi connectivity index (χ4n) is 3.47. The largest absolute Gasteiger partial charge is 0.488 e. The van der Waals surface area contributed by atoms with Gasteiger partial charge in [0.1, 0.15) is 0 Å². The Morgan fingerprint density at radius 1 is 1.03 bits per heavy atom. The molecule has 0 spiro atoms. The zero-order chi connectivity index (χ0) is 23.8. The summed E-state index contributed by atoms with van der Waals surface area (Å²) in [6.07, 6.45) is 0. The maximum Gasteiger partial charge on any atom is 0.361 e. The molecule has 34 heavy (non-hydrogen) atoms. The molecule has 178 valence electrons. The Balaban J connectivity index is 1.65. The Bertz CT molecular complexity index is 1090. The van der Waals surface area contributed by atoms with Gasteiger partial charge in [-0.2, -0.15) is 0 Å². The fraction of sp³-hybridized carbons (Fsp3) is 0.320. The van der Waals surface area contributed by atoms with Crippen LogP contribution in [-0.4, -0.2) is 55.5 Å². The average molecular weight is 481 g/mol. The van der Waals surface area contributed by atoms with E-state index in [-0.39, 0.29) is 12.3 Å². The molecule has 1 aromatic heterocycles. The molecule has 0 atom stereocenters. The van der Waals surface area contributed by atoms with E-state index < -0.39 is 5.97 Å². The lowest BCUT2D eigenvalue weighted by atomic mass is 10.2. The van der Waals surface area contributed by atoms with Gasteiger partial charge in [0.05, 0.1) is 26.4 Å². The summed E-state index contributed by atoms with van der Waals surface area (Å²) in [6, 6.07) is 17.9. The Morgan fingerprint density at radius 2 is 1.76 bits per heavy atom. The van der Waals surface area contributed by atoms with E-state index in [4.69, 9.17) is 19.2 Å². The number of esters is 1. The van der Waals surface area contributed by atoms with Crippen LogP contribution in [0.5, 0.6) is 5.75 Å². The molecule has 1 N–H and O–H groups in total. The van der Waals surface area contributed by atoms with Crippen molar-refractivity contribution in [2.45, 2.75) is 18.7 Å². The molecule has 1 aliphatic rings. The molecule has 0 radical (unpaired) electrons. The highest BCUT2D eigenvalue weighted by atomic mass is 32.2. The number of hydrogen-bond acceptors (Lipinski definition) is 9. The second-order valence-electron chi connectivity index (χ2n) is 7.40. The van der Waals surface area contributed by atoms with Crippen molar-refractivity contribution in [3.05, 3.63) is 60.3 Å². The average Bonchev–Trinajstić information content (AvgIpc) is 2.89. The van der Waals surface area contributed by atoms with Crippen molar-refractivity contribution < 1.29 is 19.0 Å². The third kappa shape index (κ3) is 5.78. The van der Waals surface area contributed by atoms with E-state index in [1.807, 2.05) is 61.5 Å². The van der Waals surface area contributed by atoms with Gasteiger partial charge in [-0.1, -0.05) is 18.2 Å². The summed E-state index contributed by atoms with van der Waals surface area (Å²) in [7, 11) is 0. The highest BCUT2D eigenvalue weighted by molar-refractivity contribution is 8.00. The minimum Gasteiger partial charge on any atom is -0.488 e. The second kappa shape index (κ2) is 11.7. The lowest BCUT2D eigenvalue weighted by Gasteiger charge is -2.29. The number of carbonyl (C=O) groups excluding carboxylic acids is 1. The summed E-state index contributed by atoms with van der Waals surface area (Å²) in [5.41, 5.74) is 1.87. The monoisotopic (exact) mass is 480 g/mol. The zero-order valence-corrected chi connectivity index (χ0v) is 20.1. The van der Waals surface area contributed by atoms with E-state index in [9.17, 15) is 4.79 Å². The number of hydrogen-bond donors (Lipinski definition) is 1. The highest BCUT2D eigenvalue weighted by Crippen LogP contribution is 2.34. The molecule has 9 heteroatoms. The second-order valence-corrected chi connectivity index (χ2v) is 8.28. The number of nitrogens with one attached hydrogen (secondary N) is 1. The first kappa shape index (κ1) is 23.8. The molecule has 2 aromatic carbocycles. The van der Waals surface area contributed by atoms with E-state index in [0.717, 1.165) is 16.1 Å². The van der Waals surface area contributed by atoms with Gasteiger partial charge in [0.25, 0.3) is 0 Å². The quantitative estimate of drug-likeness (QED) is 0.347. The lowest BCUT2D eigenvalue weighted by Crippen LogP contribution is -2.37. The number of anilines is 2. The number of morpholine rings is 1. The summed E-state index contributed by atoms with van der Waals surface area (Å²) in [5, 5.41) is 0. The van der Waals surface area contributed by atoms with Crippen molar-refractivity contribution in [2.24, 2.45) is 0 Å². The van der Waals surface area contributed by atoms with Crippen LogP contribution >= 0.6 is 11.9 Å². The summed E-state index contributed by atoms with van der Waals surface area (Å²) in [4.78, 5) is 25.3. The van der Waals surface area contributed by atoms with Crippen LogP contribution in [0, 0.1) is 0 Å². The van der Waals surface area contributed by atoms with Crippen LogP contribution in [0.25, 0.3) is 11.4 Å². The maximum atomic E-state index is 12.8. The number of benzene rings is 2. The van der Waals surface area contributed by atoms with E-state index in [1.165, 1.54) is 11.9 Å². The lowest BCUT2D eigenvalue weighted by molar-refractivity contribution is 0.0514. The molecule has 1 aliphatic heterocycles. The molecule has 8 nitrogen and oxygen atoms in total. The van der Waals surface area contributed by atoms with Gasteiger partial charge in [-0.3, -0.25) is 0 Å². The molecule has 2 heterocycles. The SMILES string of the molecule is CCOC(=O)c1nc(-c2ccc(NSc3ccccc3)cc2)nc(N2CCOCC2)c1OCC. The predicted octanol–water partition coefficient (Wildman–Crippen LogP) is 4.67. The van der Waals surface area contributed by atoms with Crippen LogP contribution in [0.15, 0.2) is 59.5 Å². The molecule has 0 saturated carbocycles. The molecule has 0 aliphatic carbocycles. The van der Waals surface area contributed by atoms with Gasteiger partial charge in [-0.25, -0.2) is 14.8 Å². The fourth-order valence-corrected chi connectivity index (χ4v) is 4.13. The first-order valence-corrected chi connectivity index (χ1v) is 12.1. The molecule has 1 saturated heterocycles. The van der Waals surface area contributed by atoms with Crippen LogP contribution in [0.2, 0.25) is 0 Å². The number of nitrogens with zero attached hydrogens (tertiary/aromatic N) is 3. The standard InChI is InChI=1S/C25H28N4O4S/c1-3-32-22-21(25(30)33-4-2)26-23(27-24(22)29-14-16-31-17-15-29)18-10-12-19(13-11-18)28-34-20-8-6-5-7-9-20/h5-13,28H,3-4,14-17H2,1-2H3. The summed E-state index contributed by atoms with van der Waals surface area (Å²) in [5.74, 6) is 0.848. The van der Waals surface area contributed by atoms with Gasteiger partial charge in [0, 0.05) is 29.2 Å². The Kier molecular flexibility index (Phi) is 8.21. The molecule has 0 bridgehead atoms. The minimum atomic E-state index is -0.526. The number of rotatable bonds is 9. The number of aromatic nitrogens is 2. The van der Waals surface area contributed by atoms with Crippen LogP contribution in [0.3, 0.4) is 0 Å². The molecule has 0 amide bonds. The van der Waals surface area contributed by atoms with Gasteiger partial charge >= 0.3 is 5.97 Å². The van der Waals surface area contributed by atoms with Crippen molar-refractivity contribution in [3.63, 3.8) is 0 Å². The summed E-state index contributed by atoms with van der Waals surface area (Å²) >= 11 is 1.54. The Morgan fingerprint density at radius 3 is 2.44 bits per heavy atom. The first-order chi connectivity index (χ1) is 16.7. The third-order valence-corrected chi connectivity index (χ3v) is 5.93. The van der Waals surface area contributed by atoms with Crippen molar-refractivity contribution in [3.8, 4) is 17.1 Å². The zero-order valence-electron chi connectivity index (χ0n) is 19.3. The number of carbonyl (C=O) groups is 1. The Hall–Kier alpha value is -3.30. The van der Waals surface area contributed by atoms with E-state index in [0.29, 0.717) is 50.3 Å².